The van der Waals surface area contributed by atoms with E-state index in [1.807, 2.05) is 0 Å². The summed E-state index contributed by atoms with van der Waals surface area (Å²) in [4.78, 5) is 11.6. The third-order valence-corrected chi connectivity index (χ3v) is 3.60. The minimum atomic E-state index is -1.44. The smallest absolute Gasteiger partial charge is 0.338 e. The van der Waals surface area contributed by atoms with E-state index in [2.05, 4.69) is 5.32 Å². The lowest BCUT2D eigenvalue weighted by molar-refractivity contribution is 0.0692. The predicted molar refractivity (Wildman–Crippen MR) is 70.0 cm³/mol. The van der Waals surface area contributed by atoms with Crippen LogP contribution in [0.3, 0.4) is 0 Å². The Morgan fingerprint density at radius 3 is 2.63 bits per heavy atom. The van der Waals surface area contributed by atoms with E-state index in [-0.39, 0.29) is 12.2 Å². The van der Waals surface area contributed by atoms with E-state index < -0.39 is 23.2 Å². The molecule has 0 amide bonds. The maximum atomic E-state index is 13.5. The first kappa shape index (κ1) is 13.8. The average molecular weight is 304 g/mol. The number of hydrogen-bond acceptors (Lipinski definition) is 3. The Balaban J connectivity index is 2.20. The van der Waals surface area contributed by atoms with E-state index >= 15 is 0 Å². The number of thiophene rings is 1. The molecular formula is C12H8ClF2NO2S. The molecule has 2 aromatic rings. The molecule has 0 aliphatic carbocycles. The van der Waals surface area contributed by atoms with Crippen molar-refractivity contribution in [1.29, 1.82) is 0 Å². The van der Waals surface area contributed by atoms with Crippen molar-refractivity contribution in [2.75, 3.05) is 5.32 Å². The number of aromatic carboxylic acids is 1. The van der Waals surface area contributed by atoms with E-state index in [1.54, 1.807) is 12.1 Å². The van der Waals surface area contributed by atoms with Crippen LogP contribution in [0.1, 0.15) is 15.2 Å². The van der Waals surface area contributed by atoms with Gasteiger partial charge >= 0.3 is 5.97 Å². The summed E-state index contributed by atoms with van der Waals surface area (Å²) in [7, 11) is 0. The number of carboxylic acids is 1. The summed E-state index contributed by atoms with van der Waals surface area (Å²) in [5.74, 6) is -3.39. The molecule has 0 unspecified atom stereocenters. The maximum absolute atomic E-state index is 13.5. The standard InChI is InChI=1S/C12H8ClF2NO2S/c13-11-2-1-6(19-11)5-16-10-3-7(12(17)18)8(14)4-9(10)15/h1-4,16H,5H2,(H,17,18). The molecule has 1 aromatic heterocycles. The van der Waals surface area contributed by atoms with Gasteiger partial charge in [-0.15, -0.1) is 11.3 Å². The van der Waals surface area contributed by atoms with Crippen LogP contribution in [0.4, 0.5) is 14.5 Å². The summed E-state index contributed by atoms with van der Waals surface area (Å²) in [6.07, 6.45) is 0. The predicted octanol–water partition coefficient (Wildman–Crippen LogP) is 3.99. The molecule has 0 radical (unpaired) electrons. The van der Waals surface area contributed by atoms with Crippen molar-refractivity contribution in [1.82, 2.24) is 0 Å². The first-order valence-electron chi connectivity index (χ1n) is 5.18. The molecule has 0 bridgehead atoms. The second kappa shape index (κ2) is 5.54. The second-order valence-corrected chi connectivity index (χ2v) is 5.48. The highest BCUT2D eigenvalue weighted by Gasteiger charge is 2.15. The first-order chi connectivity index (χ1) is 8.97. The van der Waals surface area contributed by atoms with Gasteiger partial charge in [0, 0.05) is 17.5 Å². The van der Waals surface area contributed by atoms with Gasteiger partial charge in [-0.2, -0.15) is 0 Å². The van der Waals surface area contributed by atoms with Gasteiger partial charge in [0.1, 0.15) is 11.6 Å². The van der Waals surface area contributed by atoms with Crippen LogP contribution in [0.2, 0.25) is 4.34 Å². The maximum Gasteiger partial charge on any atom is 0.338 e. The number of halogens is 3. The molecular weight excluding hydrogens is 296 g/mol. The van der Waals surface area contributed by atoms with Gasteiger partial charge in [0.15, 0.2) is 0 Å². The van der Waals surface area contributed by atoms with Crippen molar-refractivity contribution >= 4 is 34.6 Å². The van der Waals surface area contributed by atoms with Crippen LogP contribution in [0.15, 0.2) is 24.3 Å². The topological polar surface area (TPSA) is 49.3 Å². The zero-order valence-corrected chi connectivity index (χ0v) is 11.0. The summed E-state index contributed by atoms with van der Waals surface area (Å²) in [6, 6.07) is 4.95. The summed E-state index contributed by atoms with van der Waals surface area (Å²) in [5.41, 5.74) is -0.642. The molecule has 0 fully saturated rings. The number of rotatable bonds is 4. The highest BCUT2D eigenvalue weighted by molar-refractivity contribution is 7.16. The summed E-state index contributed by atoms with van der Waals surface area (Å²) < 4.78 is 27.3. The van der Waals surface area contributed by atoms with Gasteiger partial charge in [0.25, 0.3) is 0 Å². The lowest BCUT2D eigenvalue weighted by Gasteiger charge is -2.08. The molecule has 1 aromatic carbocycles. The first-order valence-corrected chi connectivity index (χ1v) is 6.37. The Kier molecular flexibility index (Phi) is 4.01. The van der Waals surface area contributed by atoms with Crippen LogP contribution < -0.4 is 5.32 Å². The van der Waals surface area contributed by atoms with E-state index in [9.17, 15) is 13.6 Å². The molecule has 0 spiro atoms. The SMILES string of the molecule is O=C(O)c1cc(NCc2ccc(Cl)s2)c(F)cc1F. The van der Waals surface area contributed by atoms with Crippen molar-refractivity contribution in [2.45, 2.75) is 6.54 Å². The minimum absolute atomic E-state index is 0.0664. The number of benzene rings is 1. The fraction of sp³-hybridized carbons (Fsp3) is 0.0833. The molecule has 0 saturated carbocycles. The highest BCUT2D eigenvalue weighted by Crippen LogP contribution is 2.24. The minimum Gasteiger partial charge on any atom is -0.478 e. The molecule has 7 heteroatoms. The van der Waals surface area contributed by atoms with Gasteiger partial charge < -0.3 is 10.4 Å². The molecule has 0 aliphatic rings. The quantitative estimate of drug-likeness (QED) is 0.898. The van der Waals surface area contributed by atoms with Gasteiger partial charge in [0.2, 0.25) is 0 Å². The van der Waals surface area contributed by atoms with Crippen LogP contribution in [-0.4, -0.2) is 11.1 Å². The van der Waals surface area contributed by atoms with Crippen LogP contribution >= 0.6 is 22.9 Å². The van der Waals surface area contributed by atoms with Crippen molar-refractivity contribution in [3.05, 3.63) is 50.7 Å². The van der Waals surface area contributed by atoms with Gasteiger partial charge in [-0.1, -0.05) is 11.6 Å². The highest BCUT2D eigenvalue weighted by atomic mass is 35.5. The Morgan fingerprint density at radius 1 is 1.32 bits per heavy atom. The van der Waals surface area contributed by atoms with E-state index in [4.69, 9.17) is 16.7 Å². The number of carbonyl (C=O) groups is 1. The third kappa shape index (κ3) is 3.21. The average Bonchev–Trinajstić information content (AvgIpc) is 2.73. The molecule has 0 saturated heterocycles. The largest absolute Gasteiger partial charge is 0.478 e. The van der Waals surface area contributed by atoms with Crippen molar-refractivity contribution < 1.29 is 18.7 Å². The zero-order valence-electron chi connectivity index (χ0n) is 9.41. The molecule has 0 atom stereocenters. The summed E-state index contributed by atoms with van der Waals surface area (Å²) in [5, 5.41) is 11.5. The lowest BCUT2D eigenvalue weighted by Crippen LogP contribution is -2.06. The van der Waals surface area contributed by atoms with Crippen LogP contribution in [0.5, 0.6) is 0 Å². The molecule has 2 rings (SSSR count). The molecule has 3 nitrogen and oxygen atoms in total. The number of anilines is 1. The van der Waals surface area contributed by atoms with E-state index in [1.165, 1.54) is 11.3 Å². The van der Waals surface area contributed by atoms with Crippen molar-refractivity contribution in [2.24, 2.45) is 0 Å². The Bertz CT molecular complexity index is 630. The monoisotopic (exact) mass is 303 g/mol. The summed E-state index contributed by atoms with van der Waals surface area (Å²) >= 11 is 7.07. The van der Waals surface area contributed by atoms with Gasteiger partial charge in [0.05, 0.1) is 15.6 Å². The molecule has 2 N–H and O–H groups in total. The fourth-order valence-electron chi connectivity index (χ4n) is 1.48. The van der Waals surface area contributed by atoms with E-state index in [0.717, 1.165) is 10.9 Å². The number of carboxylic acid groups (broad SMARTS) is 1. The van der Waals surface area contributed by atoms with Crippen LogP contribution in [-0.2, 0) is 6.54 Å². The molecule has 19 heavy (non-hydrogen) atoms. The molecule has 0 aliphatic heterocycles. The number of nitrogens with one attached hydrogen (secondary N) is 1. The van der Waals surface area contributed by atoms with Crippen molar-refractivity contribution in [3.63, 3.8) is 0 Å². The van der Waals surface area contributed by atoms with E-state index in [0.29, 0.717) is 10.4 Å². The normalized spacial score (nSPS) is 10.5. The molecule has 100 valence electrons. The third-order valence-electron chi connectivity index (χ3n) is 2.37. The molecule has 1 heterocycles. The Morgan fingerprint density at radius 2 is 2.05 bits per heavy atom. The fourth-order valence-corrected chi connectivity index (χ4v) is 2.50. The van der Waals surface area contributed by atoms with Gasteiger partial charge in [-0.25, -0.2) is 13.6 Å². The second-order valence-electron chi connectivity index (χ2n) is 3.68. The van der Waals surface area contributed by atoms with Gasteiger partial charge in [-0.3, -0.25) is 0 Å². The van der Waals surface area contributed by atoms with Crippen molar-refractivity contribution in [3.8, 4) is 0 Å². The van der Waals surface area contributed by atoms with Gasteiger partial charge in [-0.05, 0) is 18.2 Å². The Labute approximate surface area is 116 Å². The van der Waals surface area contributed by atoms with Crippen LogP contribution in [0, 0.1) is 11.6 Å². The number of hydrogen-bond donors (Lipinski definition) is 2. The zero-order chi connectivity index (χ0) is 14.0. The Hall–Kier alpha value is -1.66. The summed E-state index contributed by atoms with van der Waals surface area (Å²) in [6.45, 7) is 0.277. The lowest BCUT2D eigenvalue weighted by atomic mass is 10.2. The van der Waals surface area contributed by atoms with Crippen LogP contribution in [0.25, 0.3) is 0 Å².